The van der Waals surface area contributed by atoms with Gasteiger partial charge in [0.25, 0.3) is 6.43 Å². The Bertz CT molecular complexity index is 538. The van der Waals surface area contributed by atoms with Crippen LogP contribution in [0, 0.1) is 6.92 Å². The molecule has 0 fully saturated rings. The molecule has 4 nitrogen and oxygen atoms in total. The van der Waals surface area contributed by atoms with E-state index < -0.39 is 6.43 Å². The lowest BCUT2D eigenvalue weighted by molar-refractivity contribution is 0.156. The molecule has 98 valence electrons. The maximum Gasteiger partial charge on any atom is 0.255 e. The SMILES string of the molecule is Cc1nc(-c2c(N)nsc2N(C)CC(F)F)cs1. The maximum atomic E-state index is 12.4. The predicted octanol–water partition coefficient (Wildman–Crippen LogP) is 2.86. The minimum absolute atomic E-state index is 0.335. The quantitative estimate of drug-likeness (QED) is 0.940. The van der Waals surface area contributed by atoms with Crippen molar-refractivity contribution < 1.29 is 8.78 Å². The second-order valence-corrected chi connectivity index (χ2v) is 5.59. The standard InChI is InChI=1S/C10H12F2N4S2/c1-5-14-6(4-17-5)8-9(13)15-18-10(8)16(2)3-7(11)12/h4,7H,3H2,1-2H3,(H2,13,15). The van der Waals surface area contributed by atoms with E-state index in [0.29, 0.717) is 22.1 Å². The van der Waals surface area contributed by atoms with Gasteiger partial charge in [-0.15, -0.1) is 11.3 Å². The molecule has 18 heavy (non-hydrogen) atoms. The fourth-order valence-corrected chi connectivity index (χ4v) is 2.96. The van der Waals surface area contributed by atoms with Gasteiger partial charge in [-0.25, -0.2) is 13.8 Å². The van der Waals surface area contributed by atoms with Crippen molar-refractivity contribution in [3.8, 4) is 11.3 Å². The van der Waals surface area contributed by atoms with Crippen molar-refractivity contribution in [3.05, 3.63) is 10.4 Å². The number of thiazole rings is 1. The lowest BCUT2D eigenvalue weighted by Gasteiger charge is -2.17. The highest BCUT2D eigenvalue weighted by atomic mass is 32.1. The Morgan fingerprint density at radius 3 is 2.78 bits per heavy atom. The van der Waals surface area contributed by atoms with Crippen LogP contribution in [0.2, 0.25) is 0 Å². The fourth-order valence-electron chi connectivity index (χ4n) is 1.56. The van der Waals surface area contributed by atoms with Crippen LogP contribution in [0.15, 0.2) is 5.38 Å². The molecule has 0 aliphatic carbocycles. The Balaban J connectivity index is 2.38. The van der Waals surface area contributed by atoms with Crippen LogP contribution in [0.25, 0.3) is 11.3 Å². The highest BCUT2D eigenvalue weighted by Gasteiger charge is 2.20. The number of aromatic nitrogens is 2. The van der Waals surface area contributed by atoms with Crippen molar-refractivity contribution in [2.45, 2.75) is 13.3 Å². The average Bonchev–Trinajstić information content (AvgIpc) is 2.83. The van der Waals surface area contributed by atoms with E-state index in [-0.39, 0.29) is 6.54 Å². The normalized spacial score (nSPS) is 11.2. The molecule has 0 amide bonds. The van der Waals surface area contributed by atoms with E-state index in [9.17, 15) is 8.78 Å². The van der Waals surface area contributed by atoms with Gasteiger partial charge in [-0.05, 0) is 18.5 Å². The zero-order valence-electron chi connectivity index (χ0n) is 9.85. The highest BCUT2D eigenvalue weighted by Crippen LogP contribution is 2.39. The van der Waals surface area contributed by atoms with Crippen molar-refractivity contribution in [3.63, 3.8) is 0 Å². The summed E-state index contributed by atoms with van der Waals surface area (Å²) < 4.78 is 28.9. The van der Waals surface area contributed by atoms with Gasteiger partial charge in [0.15, 0.2) is 0 Å². The van der Waals surface area contributed by atoms with Gasteiger partial charge in [-0.3, -0.25) is 0 Å². The third kappa shape index (κ3) is 2.59. The van der Waals surface area contributed by atoms with Crippen molar-refractivity contribution in [2.24, 2.45) is 0 Å². The summed E-state index contributed by atoms with van der Waals surface area (Å²) in [6, 6.07) is 0. The predicted molar refractivity (Wildman–Crippen MR) is 71.6 cm³/mol. The molecule has 0 atom stereocenters. The second kappa shape index (κ2) is 5.15. The minimum Gasteiger partial charge on any atom is -0.382 e. The number of hydrogen-bond donors (Lipinski definition) is 1. The van der Waals surface area contributed by atoms with Gasteiger partial charge >= 0.3 is 0 Å². The lowest BCUT2D eigenvalue weighted by Crippen LogP contribution is -2.23. The molecule has 2 N–H and O–H groups in total. The van der Waals surface area contributed by atoms with E-state index in [1.807, 2.05) is 12.3 Å². The summed E-state index contributed by atoms with van der Waals surface area (Å²) in [5, 5.41) is 3.38. The number of nitrogen functional groups attached to an aromatic ring is 1. The van der Waals surface area contributed by atoms with Crippen LogP contribution in [0.4, 0.5) is 19.6 Å². The number of nitrogens with zero attached hydrogens (tertiary/aromatic N) is 3. The Morgan fingerprint density at radius 1 is 1.50 bits per heavy atom. The van der Waals surface area contributed by atoms with Crippen molar-refractivity contribution in [1.82, 2.24) is 9.36 Å². The van der Waals surface area contributed by atoms with Gasteiger partial charge < -0.3 is 10.6 Å². The molecule has 8 heteroatoms. The van der Waals surface area contributed by atoms with Crippen LogP contribution < -0.4 is 10.6 Å². The molecular weight excluding hydrogens is 278 g/mol. The average molecular weight is 290 g/mol. The zero-order valence-corrected chi connectivity index (χ0v) is 11.5. The summed E-state index contributed by atoms with van der Waals surface area (Å²) in [5.41, 5.74) is 7.14. The third-order valence-electron chi connectivity index (χ3n) is 2.33. The number of halogens is 2. The van der Waals surface area contributed by atoms with Crippen molar-refractivity contribution in [1.29, 1.82) is 0 Å². The van der Waals surface area contributed by atoms with Gasteiger partial charge in [-0.1, -0.05) is 0 Å². The van der Waals surface area contributed by atoms with E-state index in [0.717, 1.165) is 16.5 Å². The first-order valence-corrected chi connectivity index (χ1v) is 6.81. The number of alkyl halides is 2. The summed E-state index contributed by atoms with van der Waals surface area (Å²) in [4.78, 5) is 5.79. The molecule has 0 spiro atoms. The Hall–Kier alpha value is -1.28. The van der Waals surface area contributed by atoms with Crippen molar-refractivity contribution >= 4 is 33.7 Å². The molecule has 2 aromatic rings. The van der Waals surface area contributed by atoms with E-state index in [1.165, 1.54) is 16.2 Å². The van der Waals surface area contributed by atoms with Crippen LogP contribution in [0.3, 0.4) is 0 Å². The summed E-state index contributed by atoms with van der Waals surface area (Å²) in [6.07, 6.45) is -2.40. The molecule has 0 bridgehead atoms. The molecule has 0 saturated carbocycles. The molecule has 0 unspecified atom stereocenters. The van der Waals surface area contributed by atoms with E-state index >= 15 is 0 Å². The Labute approximate surface area is 111 Å². The molecule has 2 heterocycles. The van der Waals surface area contributed by atoms with Crippen LogP contribution in [0.5, 0.6) is 0 Å². The molecule has 0 saturated heterocycles. The minimum atomic E-state index is -2.40. The molecule has 2 aromatic heterocycles. The highest BCUT2D eigenvalue weighted by molar-refractivity contribution is 7.11. The first-order chi connectivity index (χ1) is 8.49. The van der Waals surface area contributed by atoms with Crippen LogP contribution >= 0.6 is 22.9 Å². The van der Waals surface area contributed by atoms with E-state index in [1.54, 1.807) is 7.05 Å². The first-order valence-electron chi connectivity index (χ1n) is 5.16. The number of nitrogens with two attached hydrogens (primary N) is 1. The fraction of sp³-hybridized carbons (Fsp3) is 0.400. The number of anilines is 2. The summed E-state index contributed by atoms with van der Waals surface area (Å²) in [5.74, 6) is 0.335. The van der Waals surface area contributed by atoms with Crippen LogP contribution in [-0.4, -0.2) is 29.4 Å². The molecule has 0 radical (unpaired) electrons. The topological polar surface area (TPSA) is 55.0 Å². The van der Waals surface area contributed by atoms with Gasteiger partial charge in [0.2, 0.25) is 0 Å². The van der Waals surface area contributed by atoms with Gasteiger partial charge in [0.1, 0.15) is 10.8 Å². The van der Waals surface area contributed by atoms with Gasteiger partial charge in [0, 0.05) is 12.4 Å². The van der Waals surface area contributed by atoms with Crippen LogP contribution in [-0.2, 0) is 0 Å². The Kier molecular flexibility index (Phi) is 3.76. The largest absolute Gasteiger partial charge is 0.382 e. The van der Waals surface area contributed by atoms with E-state index in [2.05, 4.69) is 9.36 Å². The summed E-state index contributed by atoms with van der Waals surface area (Å²) in [6.45, 7) is 1.53. The number of aryl methyl sites for hydroxylation is 1. The summed E-state index contributed by atoms with van der Waals surface area (Å²) >= 11 is 2.60. The van der Waals surface area contributed by atoms with Gasteiger partial charge in [0.05, 0.1) is 22.8 Å². The third-order valence-corrected chi connectivity index (χ3v) is 4.08. The summed E-state index contributed by atoms with van der Waals surface area (Å²) in [7, 11) is 1.60. The first kappa shape index (κ1) is 13.2. The molecular formula is C10H12F2N4S2. The Morgan fingerprint density at radius 2 is 2.22 bits per heavy atom. The monoisotopic (exact) mass is 290 g/mol. The maximum absolute atomic E-state index is 12.4. The number of rotatable bonds is 4. The van der Waals surface area contributed by atoms with Crippen LogP contribution in [0.1, 0.15) is 5.01 Å². The molecule has 0 aliphatic rings. The van der Waals surface area contributed by atoms with E-state index in [4.69, 9.17) is 5.73 Å². The van der Waals surface area contributed by atoms with Gasteiger partial charge in [-0.2, -0.15) is 4.37 Å². The zero-order chi connectivity index (χ0) is 13.3. The lowest BCUT2D eigenvalue weighted by atomic mass is 10.2. The molecule has 0 aliphatic heterocycles. The molecule has 0 aromatic carbocycles. The molecule has 2 rings (SSSR count). The number of hydrogen-bond acceptors (Lipinski definition) is 6. The smallest absolute Gasteiger partial charge is 0.255 e. The second-order valence-electron chi connectivity index (χ2n) is 3.77. The van der Waals surface area contributed by atoms with Crippen molar-refractivity contribution in [2.75, 3.05) is 24.2 Å².